The van der Waals surface area contributed by atoms with E-state index in [0.717, 1.165) is 0 Å². The van der Waals surface area contributed by atoms with Crippen LogP contribution in [0.15, 0.2) is 42.7 Å². The number of nitrogens with zero attached hydrogens (tertiary/aromatic N) is 6. The van der Waals surface area contributed by atoms with Crippen LogP contribution in [0.25, 0.3) is 16.6 Å². The summed E-state index contributed by atoms with van der Waals surface area (Å²) in [4.78, 5) is 24.0. The summed E-state index contributed by atoms with van der Waals surface area (Å²) in [5.41, 5.74) is 1.34. The Morgan fingerprint density at radius 1 is 1.13 bits per heavy atom. The van der Waals surface area contributed by atoms with Gasteiger partial charge in [-0.3, -0.25) is 9.78 Å². The second kappa shape index (κ2) is 7.26. The van der Waals surface area contributed by atoms with Gasteiger partial charge in [0.2, 0.25) is 5.91 Å². The van der Waals surface area contributed by atoms with Gasteiger partial charge in [0.25, 0.3) is 0 Å². The minimum atomic E-state index is -0.660. The maximum atomic E-state index is 15.2. The second-order valence-electron chi connectivity index (χ2n) is 7.76. The number of carbonyl (C=O) groups excluding carboxylic acids is 1. The smallest absolute Gasteiger partial charge is 0.241 e. The Hall–Kier alpha value is -3.62. The number of hydrogen-bond donors (Lipinski definition) is 0. The lowest BCUT2D eigenvalue weighted by atomic mass is 9.95. The first-order chi connectivity index (χ1) is 14.9. The first kappa shape index (κ1) is 19.3. The normalized spacial score (nSPS) is 15.8. The fourth-order valence-electron chi connectivity index (χ4n) is 4.01. The van der Waals surface area contributed by atoms with Gasteiger partial charge in [-0.1, -0.05) is 6.92 Å². The van der Waals surface area contributed by atoms with E-state index in [0.29, 0.717) is 30.2 Å². The maximum Gasteiger partial charge on any atom is 0.241 e. The van der Waals surface area contributed by atoms with E-state index >= 15 is 4.39 Å². The molecule has 4 aromatic rings. The van der Waals surface area contributed by atoms with Gasteiger partial charge in [-0.25, -0.2) is 18.3 Å². The summed E-state index contributed by atoms with van der Waals surface area (Å²) in [5.74, 6) is -1.31. The molecule has 1 amide bonds. The van der Waals surface area contributed by atoms with E-state index in [9.17, 15) is 9.18 Å². The summed E-state index contributed by atoms with van der Waals surface area (Å²) in [6.07, 6.45) is 3.08. The van der Waals surface area contributed by atoms with Crippen LogP contribution >= 0.6 is 0 Å². The quantitative estimate of drug-likeness (QED) is 0.508. The Bertz CT molecular complexity index is 1320. The molecule has 1 fully saturated rings. The molecule has 1 saturated heterocycles. The molecule has 4 heterocycles. The van der Waals surface area contributed by atoms with Gasteiger partial charge in [0.05, 0.1) is 24.0 Å². The van der Waals surface area contributed by atoms with Crippen molar-refractivity contribution in [1.82, 2.24) is 24.5 Å². The number of carbonyl (C=O) groups is 1. The van der Waals surface area contributed by atoms with Gasteiger partial charge in [-0.2, -0.15) is 0 Å². The number of halogens is 2. The summed E-state index contributed by atoms with van der Waals surface area (Å²) in [5, 5.41) is 4.91. The zero-order chi connectivity index (χ0) is 21.7. The minimum absolute atomic E-state index is 0.0151. The number of amides is 1. The summed E-state index contributed by atoms with van der Waals surface area (Å²) in [6.45, 7) is 3.21. The summed E-state index contributed by atoms with van der Waals surface area (Å²) in [6, 6.07) is 8.05. The van der Waals surface area contributed by atoms with E-state index in [4.69, 9.17) is 0 Å². The Labute approximate surface area is 176 Å². The molecule has 0 bridgehead atoms. The summed E-state index contributed by atoms with van der Waals surface area (Å²) >= 11 is 0. The van der Waals surface area contributed by atoms with Crippen molar-refractivity contribution in [3.05, 3.63) is 65.6 Å². The van der Waals surface area contributed by atoms with Crippen LogP contribution in [0.1, 0.15) is 24.1 Å². The van der Waals surface area contributed by atoms with Crippen LogP contribution in [0.3, 0.4) is 0 Å². The molecule has 1 aliphatic rings. The largest absolute Gasteiger partial charge is 0.344 e. The number of aromatic nitrogens is 4. The monoisotopic (exact) mass is 422 g/mol. The topological polar surface area (TPSA) is 66.6 Å². The van der Waals surface area contributed by atoms with Crippen LogP contribution < -0.4 is 4.90 Å². The molecule has 5 rings (SSSR count). The van der Waals surface area contributed by atoms with Crippen molar-refractivity contribution in [2.45, 2.75) is 12.8 Å². The molecular weight excluding hydrogens is 402 g/mol. The predicted octanol–water partition coefficient (Wildman–Crippen LogP) is 2.99. The van der Waals surface area contributed by atoms with Crippen molar-refractivity contribution in [2.75, 3.05) is 31.6 Å². The van der Waals surface area contributed by atoms with Gasteiger partial charge in [-0.05, 0) is 24.3 Å². The highest BCUT2D eigenvalue weighted by Gasteiger charge is 2.26. The van der Waals surface area contributed by atoms with Crippen LogP contribution in [0, 0.1) is 11.6 Å². The molecule has 7 nitrogen and oxygen atoms in total. The summed E-state index contributed by atoms with van der Waals surface area (Å²) < 4.78 is 31.7. The van der Waals surface area contributed by atoms with Crippen molar-refractivity contribution >= 4 is 28.3 Å². The van der Waals surface area contributed by atoms with E-state index < -0.39 is 17.6 Å². The van der Waals surface area contributed by atoms with Crippen molar-refractivity contribution in [1.29, 1.82) is 0 Å². The molecule has 1 aromatic carbocycles. The Morgan fingerprint density at radius 3 is 2.77 bits per heavy atom. The lowest BCUT2D eigenvalue weighted by molar-refractivity contribution is -0.129. The lowest BCUT2D eigenvalue weighted by Gasteiger charge is -2.32. The van der Waals surface area contributed by atoms with Gasteiger partial charge in [0, 0.05) is 49.3 Å². The zero-order valence-corrected chi connectivity index (χ0v) is 17.1. The molecule has 0 saturated carbocycles. The van der Waals surface area contributed by atoms with Crippen molar-refractivity contribution in [3.63, 3.8) is 0 Å². The fourth-order valence-corrected chi connectivity index (χ4v) is 4.01. The van der Waals surface area contributed by atoms with E-state index in [-0.39, 0.29) is 28.9 Å². The van der Waals surface area contributed by atoms with Crippen LogP contribution in [-0.2, 0) is 4.79 Å². The number of likely N-dealkylation sites (N-methyl/N-ethyl adjacent to an activating group) is 1. The first-order valence-electron chi connectivity index (χ1n) is 10.00. The number of anilines is 1. The number of imidazole rings is 1. The fraction of sp³-hybridized carbons (Fsp3) is 0.273. The average Bonchev–Trinajstić information content (AvgIpc) is 3.19. The number of hydrogen-bond acceptors (Lipinski definition) is 5. The van der Waals surface area contributed by atoms with Gasteiger partial charge < -0.3 is 9.80 Å². The molecule has 0 aliphatic carbocycles. The predicted molar refractivity (Wildman–Crippen MR) is 112 cm³/mol. The Morgan fingerprint density at radius 2 is 1.97 bits per heavy atom. The number of pyridine rings is 1. The molecule has 31 heavy (non-hydrogen) atoms. The third-order valence-electron chi connectivity index (χ3n) is 5.86. The molecule has 1 aliphatic heterocycles. The number of benzene rings is 1. The molecule has 158 valence electrons. The van der Waals surface area contributed by atoms with E-state index in [1.807, 2.05) is 4.90 Å². The standard InChI is InChI=1S/C22H20F2N6O/c1-13(21-15(23)10-16-14(22(21)24)4-3-7-25-16)17-11-26-18-5-6-19(27-30(17)18)29-9-8-28(2)20(31)12-29/h3-7,10-11,13H,8-9,12H2,1-2H3/t13-/m1/s1. The van der Waals surface area contributed by atoms with E-state index in [1.165, 1.54) is 12.3 Å². The Balaban J connectivity index is 1.58. The highest BCUT2D eigenvalue weighted by molar-refractivity contribution is 5.82. The van der Waals surface area contributed by atoms with Crippen molar-refractivity contribution in [2.24, 2.45) is 0 Å². The van der Waals surface area contributed by atoms with Gasteiger partial charge in [0.1, 0.15) is 17.5 Å². The molecule has 0 spiro atoms. The first-order valence-corrected chi connectivity index (χ1v) is 10.00. The van der Waals surface area contributed by atoms with Crippen LogP contribution in [0.5, 0.6) is 0 Å². The molecule has 0 N–H and O–H groups in total. The third kappa shape index (κ3) is 3.17. The summed E-state index contributed by atoms with van der Waals surface area (Å²) in [7, 11) is 1.77. The highest BCUT2D eigenvalue weighted by Crippen LogP contribution is 2.33. The highest BCUT2D eigenvalue weighted by atomic mass is 19.1. The van der Waals surface area contributed by atoms with Crippen molar-refractivity contribution in [3.8, 4) is 0 Å². The molecule has 0 radical (unpaired) electrons. The average molecular weight is 422 g/mol. The van der Waals surface area contributed by atoms with Crippen LogP contribution in [-0.4, -0.2) is 57.1 Å². The number of rotatable bonds is 3. The molecule has 0 unspecified atom stereocenters. The third-order valence-corrected chi connectivity index (χ3v) is 5.86. The van der Waals surface area contributed by atoms with E-state index in [1.54, 1.807) is 53.8 Å². The van der Waals surface area contributed by atoms with Gasteiger partial charge >= 0.3 is 0 Å². The second-order valence-corrected chi connectivity index (χ2v) is 7.76. The molecule has 3 aromatic heterocycles. The van der Waals surface area contributed by atoms with E-state index in [2.05, 4.69) is 15.1 Å². The molecule has 9 heteroatoms. The minimum Gasteiger partial charge on any atom is -0.344 e. The molecular formula is C22H20F2N6O. The zero-order valence-electron chi connectivity index (χ0n) is 17.1. The Kier molecular flexibility index (Phi) is 4.53. The van der Waals surface area contributed by atoms with Crippen LogP contribution in [0.4, 0.5) is 14.6 Å². The lowest BCUT2D eigenvalue weighted by Crippen LogP contribution is -2.48. The van der Waals surface area contributed by atoms with Crippen molar-refractivity contribution < 1.29 is 13.6 Å². The van der Waals surface area contributed by atoms with Gasteiger partial charge in [-0.15, -0.1) is 5.10 Å². The van der Waals surface area contributed by atoms with Gasteiger partial charge in [0.15, 0.2) is 5.65 Å². The number of fused-ring (bicyclic) bond motifs is 2. The number of piperazine rings is 1. The molecule has 1 atom stereocenters. The maximum absolute atomic E-state index is 15.2. The SMILES string of the molecule is C[C@@H](c1c(F)cc2ncccc2c1F)c1cnc2ccc(N3CCN(C)C(=O)C3)nn12. The van der Waals surface area contributed by atoms with Crippen LogP contribution in [0.2, 0.25) is 0 Å².